The molecule has 0 aliphatic carbocycles. The minimum atomic E-state index is -0.418. The molecule has 25 heavy (non-hydrogen) atoms. The van der Waals surface area contributed by atoms with Gasteiger partial charge < -0.3 is 9.47 Å². The van der Waals surface area contributed by atoms with Crippen LogP contribution in [0.1, 0.15) is 72.3 Å². The number of ether oxygens (including phenoxy) is 2. The zero-order valence-corrected chi connectivity index (χ0v) is 14.4. The Kier molecular flexibility index (Phi) is 17.4. The predicted molar refractivity (Wildman–Crippen MR) is 108 cm³/mol. The van der Waals surface area contributed by atoms with Crippen LogP contribution in [0.2, 0.25) is 0 Å². The van der Waals surface area contributed by atoms with Crippen LogP contribution in [-0.4, -0.2) is 19.2 Å². The first-order valence-corrected chi connectivity index (χ1v) is 8.77. The molecule has 3 heteroatoms. The van der Waals surface area contributed by atoms with Crippen LogP contribution in [0.25, 0.3) is 0 Å². The van der Waals surface area contributed by atoms with Crippen LogP contribution < -0.4 is 4.74 Å². The molecule has 1 aromatic rings. The molecule has 0 N–H and O–H groups in total. The third-order valence-corrected chi connectivity index (χ3v) is 3.76. The first kappa shape index (κ1) is 25.5. The van der Waals surface area contributed by atoms with Crippen LogP contribution in [0.4, 0.5) is 0 Å². The van der Waals surface area contributed by atoms with Gasteiger partial charge in [-0.3, -0.25) is 0 Å². The van der Waals surface area contributed by atoms with Crippen molar-refractivity contribution in [1.82, 2.24) is 0 Å². The number of aryl methyl sites for hydroxylation is 1. The molecule has 0 spiro atoms. The minimum absolute atomic E-state index is 0. The van der Waals surface area contributed by atoms with E-state index in [2.05, 4.69) is 25.6 Å². The lowest BCUT2D eigenvalue weighted by molar-refractivity contribution is -0.138. The molecule has 0 radical (unpaired) electrons. The molecule has 0 aromatic heterocycles. The van der Waals surface area contributed by atoms with Gasteiger partial charge in [-0.2, -0.15) is 0 Å². The number of rotatable bonds is 13. The van der Waals surface area contributed by atoms with Crippen LogP contribution in [-0.2, 0) is 16.0 Å². The largest absolute Gasteiger partial charge is 0.490 e. The van der Waals surface area contributed by atoms with E-state index in [4.69, 9.17) is 9.47 Å². The molecule has 0 aliphatic rings. The Hall–Kier alpha value is -1.77. The predicted octanol–water partition coefficient (Wildman–Crippen LogP) is 6.36. The van der Waals surface area contributed by atoms with E-state index in [9.17, 15) is 4.79 Å². The topological polar surface area (TPSA) is 35.5 Å². The van der Waals surface area contributed by atoms with E-state index in [1.165, 1.54) is 50.5 Å². The molecule has 0 saturated carbocycles. The summed E-state index contributed by atoms with van der Waals surface area (Å²) < 4.78 is 10.4. The van der Waals surface area contributed by atoms with Crippen molar-refractivity contribution in [2.24, 2.45) is 0 Å². The van der Waals surface area contributed by atoms with E-state index < -0.39 is 5.97 Å². The molecule has 1 aromatic carbocycles. The molecule has 0 aliphatic heterocycles. The number of hydrogen-bond acceptors (Lipinski definition) is 3. The first-order valence-electron chi connectivity index (χ1n) is 8.77. The number of benzene rings is 1. The summed E-state index contributed by atoms with van der Waals surface area (Å²) in [5.74, 6) is 0.390. The third kappa shape index (κ3) is 13.2. The Balaban J connectivity index is 0. The Bertz CT molecular complexity index is 437. The van der Waals surface area contributed by atoms with Crippen LogP contribution in [0, 0.1) is 0 Å². The molecule has 0 heterocycles. The maximum atomic E-state index is 10.9. The van der Waals surface area contributed by atoms with Gasteiger partial charge in [0.2, 0.25) is 0 Å². The number of carbonyl (C=O) groups is 1. The van der Waals surface area contributed by atoms with Gasteiger partial charge in [-0.05, 0) is 30.5 Å². The second kappa shape index (κ2) is 17.1. The monoisotopic (exact) mass is 350 g/mol. The normalized spacial score (nSPS) is 9.48. The van der Waals surface area contributed by atoms with E-state index in [1.54, 1.807) is 0 Å². The van der Waals surface area contributed by atoms with Crippen molar-refractivity contribution < 1.29 is 14.3 Å². The smallest absolute Gasteiger partial charge is 0.330 e. The molecule has 0 bridgehead atoms. The van der Waals surface area contributed by atoms with E-state index in [0.29, 0.717) is 6.61 Å². The average molecular weight is 351 g/mol. The molecule has 0 amide bonds. The molecular formula is C22H38O3. The highest BCUT2D eigenvalue weighted by Gasteiger charge is 1.99. The molecule has 0 atom stereocenters. The van der Waals surface area contributed by atoms with Crippen LogP contribution in [0.3, 0.4) is 0 Å². The van der Waals surface area contributed by atoms with Crippen molar-refractivity contribution in [2.45, 2.75) is 73.1 Å². The molecule has 0 unspecified atom stereocenters. The summed E-state index contributed by atoms with van der Waals surface area (Å²) in [5, 5.41) is 0. The summed E-state index contributed by atoms with van der Waals surface area (Å²) in [6.45, 7) is 6.19. The Morgan fingerprint density at radius 3 is 2.16 bits per heavy atom. The average Bonchev–Trinajstić information content (AvgIpc) is 2.59. The number of hydrogen-bond donors (Lipinski definition) is 0. The standard InChI is InChI=1S/C20H30O3.2CH4/c1-3-5-6-7-8-9-10-11-18-12-14-19(15-13-18)22-16-17-23-20(21)4-2;;/h4,12-15H,2-3,5-11,16-17H2,1H3;2*1H4. The van der Waals surface area contributed by atoms with Gasteiger partial charge in [-0.15, -0.1) is 0 Å². The Morgan fingerprint density at radius 2 is 1.56 bits per heavy atom. The highest BCUT2D eigenvalue weighted by Crippen LogP contribution is 2.15. The molecule has 0 fully saturated rings. The van der Waals surface area contributed by atoms with Crippen molar-refractivity contribution in [1.29, 1.82) is 0 Å². The molecule has 3 nitrogen and oxygen atoms in total. The number of unbranched alkanes of at least 4 members (excludes halogenated alkanes) is 6. The van der Waals surface area contributed by atoms with Crippen LogP contribution >= 0.6 is 0 Å². The van der Waals surface area contributed by atoms with Gasteiger partial charge in [0.1, 0.15) is 19.0 Å². The molecule has 1 rings (SSSR count). The minimum Gasteiger partial charge on any atom is -0.490 e. The zero-order valence-electron chi connectivity index (χ0n) is 14.4. The summed E-state index contributed by atoms with van der Waals surface area (Å²) in [5.41, 5.74) is 1.35. The molecule has 0 saturated heterocycles. The first-order chi connectivity index (χ1) is 11.3. The van der Waals surface area contributed by atoms with Crippen LogP contribution in [0.15, 0.2) is 36.9 Å². The summed E-state index contributed by atoms with van der Waals surface area (Å²) in [4.78, 5) is 10.9. The highest BCUT2D eigenvalue weighted by molar-refractivity contribution is 5.81. The lowest BCUT2D eigenvalue weighted by atomic mass is 10.0. The summed E-state index contributed by atoms with van der Waals surface area (Å²) in [6.07, 6.45) is 11.6. The maximum Gasteiger partial charge on any atom is 0.330 e. The SMILES string of the molecule is C.C.C=CC(=O)OCCOc1ccc(CCCCCCCCC)cc1. The van der Waals surface area contributed by atoms with Crippen molar-refractivity contribution in [3.8, 4) is 5.75 Å². The Morgan fingerprint density at radius 1 is 0.960 bits per heavy atom. The van der Waals surface area contributed by atoms with Crippen LogP contribution in [0.5, 0.6) is 5.75 Å². The van der Waals surface area contributed by atoms with E-state index in [0.717, 1.165) is 18.2 Å². The second-order valence-corrected chi connectivity index (χ2v) is 5.74. The number of carbonyl (C=O) groups excluding carboxylic acids is 1. The van der Waals surface area contributed by atoms with Gasteiger partial charge in [-0.1, -0.05) is 79.0 Å². The summed E-state index contributed by atoms with van der Waals surface area (Å²) in [7, 11) is 0. The van der Waals surface area contributed by atoms with E-state index in [-0.39, 0.29) is 21.5 Å². The molecular weight excluding hydrogens is 312 g/mol. The quantitative estimate of drug-likeness (QED) is 0.236. The van der Waals surface area contributed by atoms with Gasteiger partial charge in [0.15, 0.2) is 0 Å². The molecule has 144 valence electrons. The Labute approximate surface area is 155 Å². The summed E-state index contributed by atoms with van der Waals surface area (Å²) in [6, 6.07) is 8.18. The lowest BCUT2D eigenvalue weighted by Crippen LogP contribution is -2.10. The van der Waals surface area contributed by atoms with Gasteiger partial charge in [0, 0.05) is 6.08 Å². The fourth-order valence-electron chi connectivity index (χ4n) is 2.40. The van der Waals surface area contributed by atoms with Crippen molar-refractivity contribution in [3.63, 3.8) is 0 Å². The van der Waals surface area contributed by atoms with E-state index >= 15 is 0 Å². The summed E-state index contributed by atoms with van der Waals surface area (Å²) >= 11 is 0. The third-order valence-electron chi connectivity index (χ3n) is 3.76. The van der Waals surface area contributed by atoms with E-state index in [1.807, 2.05) is 12.1 Å². The van der Waals surface area contributed by atoms with Crippen molar-refractivity contribution >= 4 is 5.97 Å². The van der Waals surface area contributed by atoms with Gasteiger partial charge >= 0.3 is 5.97 Å². The lowest BCUT2D eigenvalue weighted by Gasteiger charge is -2.07. The maximum absolute atomic E-state index is 10.9. The second-order valence-electron chi connectivity index (χ2n) is 5.74. The number of esters is 1. The van der Waals surface area contributed by atoms with Gasteiger partial charge in [0.25, 0.3) is 0 Å². The van der Waals surface area contributed by atoms with Gasteiger partial charge in [-0.25, -0.2) is 4.79 Å². The fourth-order valence-corrected chi connectivity index (χ4v) is 2.40. The van der Waals surface area contributed by atoms with Gasteiger partial charge in [0.05, 0.1) is 0 Å². The highest BCUT2D eigenvalue weighted by atomic mass is 16.6. The van der Waals surface area contributed by atoms with Crippen molar-refractivity contribution in [2.75, 3.05) is 13.2 Å². The fraction of sp³-hybridized carbons (Fsp3) is 0.591. The van der Waals surface area contributed by atoms with Crippen molar-refractivity contribution in [3.05, 3.63) is 42.5 Å². The zero-order chi connectivity index (χ0) is 16.8.